The van der Waals surface area contributed by atoms with Crippen LogP contribution in [0.5, 0.6) is 0 Å². The predicted molar refractivity (Wildman–Crippen MR) is 63.4 cm³/mol. The van der Waals surface area contributed by atoms with Gasteiger partial charge in [0.2, 0.25) is 0 Å². The van der Waals surface area contributed by atoms with Crippen LogP contribution in [0.1, 0.15) is 19.6 Å². The zero-order valence-corrected chi connectivity index (χ0v) is 9.68. The van der Waals surface area contributed by atoms with Gasteiger partial charge in [-0.2, -0.15) is 5.10 Å². The molecule has 0 radical (unpaired) electrons. The molecule has 0 fully saturated rings. The lowest BCUT2D eigenvalue weighted by atomic mass is 10.2. The molecule has 0 aromatic carbocycles. The minimum atomic E-state index is 0.618. The van der Waals surface area contributed by atoms with Crippen LogP contribution >= 0.6 is 0 Å². The van der Waals surface area contributed by atoms with E-state index in [-0.39, 0.29) is 0 Å². The normalized spacial score (nSPS) is 10.9. The maximum atomic E-state index is 5.30. The molecule has 0 aliphatic heterocycles. The molecule has 1 N–H and O–H groups in total. The van der Waals surface area contributed by atoms with Crippen molar-refractivity contribution in [1.29, 1.82) is 0 Å². The van der Waals surface area contributed by atoms with E-state index in [0.29, 0.717) is 12.5 Å². The van der Waals surface area contributed by atoms with Crippen molar-refractivity contribution in [2.75, 3.05) is 11.9 Å². The predicted octanol–water partition coefficient (Wildman–Crippen LogP) is 2.59. The number of aromatic nitrogens is 2. The Morgan fingerprint density at radius 3 is 3.00 bits per heavy atom. The van der Waals surface area contributed by atoms with Gasteiger partial charge < -0.3 is 9.73 Å². The second-order valence-corrected chi connectivity index (χ2v) is 4.23. The summed E-state index contributed by atoms with van der Waals surface area (Å²) < 4.78 is 7.20. The highest BCUT2D eigenvalue weighted by Gasteiger charge is 2.04. The summed E-state index contributed by atoms with van der Waals surface area (Å²) in [5.41, 5.74) is 0. The van der Waals surface area contributed by atoms with E-state index in [2.05, 4.69) is 24.3 Å². The average molecular weight is 219 g/mol. The van der Waals surface area contributed by atoms with Crippen molar-refractivity contribution < 1.29 is 4.42 Å². The first kappa shape index (κ1) is 10.8. The molecule has 0 unspecified atom stereocenters. The van der Waals surface area contributed by atoms with Crippen molar-refractivity contribution in [2.45, 2.75) is 20.4 Å². The number of furan rings is 1. The van der Waals surface area contributed by atoms with Crippen molar-refractivity contribution in [3.63, 3.8) is 0 Å². The van der Waals surface area contributed by atoms with Crippen molar-refractivity contribution >= 4 is 5.82 Å². The third-order valence-corrected chi connectivity index (χ3v) is 2.29. The van der Waals surface area contributed by atoms with Gasteiger partial charge in [0.25, 0.3) is 0 Å². The molecule has 2 heterocycles. The highest BCUT2D eigenvalue weighted by atomic mass is 16.3. The third-order valence-electron chi connectivity index (χ3n) is 2.29. The molecule has 2 aromatic rings. The molecule has 0 aliphatic carbocycles. The Bertz CT molecular complexity index is 417. The van der Waals surface area contributed by atoms with Crippen LogP contribution < -0.4 is 5.32 Å². The van der Waals surface area contributed by atoms with Crippen LogP contribution in [0.3, 0.4) is 0 Å². The van der Waals surface area contributed by atoms with Crippen LogP contribution in [0.2, 0.25) is 0 Å². The van der Waals surface area contributed by atoms with E-state index in [9.17, 15) is 0 Å². The number of rotatable bonds is 5. The number of hydrogen-bond donors (Lipinski definition) is 1. The van der Waals surface area contributed by atoms with Gasteiger partial charge in [-0.25, -0.2) is 4.68 Å². The molecule has 4 heteroatoms. The Morgan fingerprint density at radius 2 is 2.31 bits per heavy atom. The topological polar surface area (TPSA) is 43.0 Å². The van der Waals surface area contributed by atoms with E-state index in [1.165, 1.54) is 0 Å². The fourth-order valence-corrected chi connectivity index (χ4v) is 1.47. The molecule has 2 rings (SSSR count). The molecule has 0 saturated carbocycles. The van der Waals surface area contributed by atoms with E-state index in [4.69, 9.17) is 4.42 Å². The van der Waals surface area contributed by atoms with Crippen molar-refractivity contribution in [1.82, 2.24) is 9.78 Å². The summed E-state index contributed by atoms with van der Waals surface area (Å²) in [7, 11) is 0. The average Bonchev–Trinajstić information content (AvgIpc) is 2.87. The monoisotopic (exact) mass is 219 g/mol. The van der Waals surface area contributed by atoms with Gasteiger partial charge in [0, 0.05) is 12.6 Å². The molecule has 0 amide bonds. The number of hydrogen-bond acceptors (Lipinski definition) is 3. The van der Waals surface area contributed by atoms with Crippen LogP contribution in [-0.4, -0.2) is 16.3 Å². The molecule has 2 aromatic heterocycles. The van der Waals surface area contributed by atoms with Gasteiger partial charge in [-0.1, -0.05) is 13.8 Å². The van der Waals surface area contributed by atoms with Crippen LogP contribution in [0.4, 0.5) is 5.82 Å². The first-order valence-corrected chi connectivity index (χ1v) is 5.54. The summed E-state index contributed by atoms with van der Waals surface area (Å²) in [6, 6.07) is 5.82. The van der Waals surface area contributed by atoms with E-state index >= 15 is 0 Å². The Balaban J connectivity index is 2.01. The molecule has 0 saturated heterocycles. The van der Waals surface area contributed by atoms with Gasteiger partial charge in [-0.05, 0) is 18.1 Å². The standard InChI is InChI=1S/C12H17N3O/c1-10(2)8-13-12-5-6-14-15(12)9-11-4-3-7-16-11/h3-7,10,13H,8-9H2,1-2H3. The SMILES string of the molecule is CC(C)CNc1ccnn1Cc1ccco1. The summed E-state index contributed by atoms with van der Waals surface area (Å²) >= 11 is 0. The van der Waals surface area contributed by atoms with E-state index in [0.717, 1.165) is 18.1 Å². The summed E-state index contributed by atoms with van der Waals surface area (Å²) in [5.74, 6) is 2.56. The number of nitrogens with one attached hydrogen (secondary N) is 1. The molecule has 16 heavy (non-hydrogen) atoms. The molecule has 0 aliphatic rings. The van der Waals surface area contributed by atoms with Gasteiger partial charge in [0.1, 0.15) is 18.1 Å². The molecule has 0 atom stereocenters. The lowest BCUT2D eigenvalue weighted by molar-refractivity contribution is 0.481. The summed E-state index contributed by atoms with van der Waals surface area (Å²) in [5, 5.41) is 7.63. The van der Waals surface area contributed by atoms with E-state index in [1.807, 2.05) is 22.9 Å². The molecule has 0 spiro atoms. The van der Waals surface area contributed by atoms with E-state index in [1.54, 1.807) is 12.5 Å². The molecule has 86 valence electrons. The zero-order chi connectivity index (χ0) is 11.4. The van der Waals surface area contributed by atoms with Gasteiger partial charge in [0.05, 0.1) is 12.5 Å². The Hall–Kier alpha value is -1.71. The van der Waals surface area contributed by atoms with Crippen LogP contribution in [-0.2, 0) is 6.54 Å². The van der Waals surface area contributed by atoms with Crippen molar-refractivity contribution in [3.8, 4) is 0 Å². The van der Waals surface area contributed by atoms with Crippen LogP contribution in [0.15, 0.2) is 35.1 Å². The second-order valence-electron chi connectivity index (χ2n) is 4.23. The van der Waals surface area contributed by atoms with Gasteiger partial charge in [-0.15, -0.1) is 0 Å². The molecular weight excluding hydrogens is 202 g/mol. The lowest BCUT2D eigenvalue weighted by Gasteiger charge is -2.10. The fraction of sp³-hybridized carbons (Fsp3) is 0.417. The van der Waals surface area contributed by atoms with Crippen LogP contribution in [0.25, 0.3) is 0 Å². The smallest absolute Gasteiger partial charge is 0.125 e. The first-order chi connectivity index (χ1) is 7.75. The lowest BCUT2D eigenvalue weighted by Crippen LogP contribution is -2.13. The van der Waals surface area contributed by atoms with Gasteiger partial charge >= 0.3 is 0 Å². The van der Waals surface area contributed by atoms with E-state index < -0.39 is 0 Å². The molecular formula is C12H17N3O. The maximum absolute atomic E-state index is 5.30. The highest BCUT2D eigenvalue weighted by Crippen LogP contribution is 2.10. The van der Waals surface area contributed by atoms with Crippen molar-refractivity contribution in [3.05, 3.63) is 36.4 Å². The van der Waals surface area contributed by atoms with Gasteiger partial charge in [0.15, 0.2) is 0 Å². The fourth-order valence-electron chi connectivity index (χ4n) is 1.47. The first-order valence-electron chi connectivity index (χ1n) is 5.54. The van der Waals surface area contributed by atoms with Gasteiger partial charge in [-0.3, -0.25) is 0 Å². The largest absolute Gasteiger partial charge is 0.467 e. The maximum Gasteiger partial charge on any atom is 0.125 e. The highest BCUT2D eigenvalue weighted by molar-refractivity contribution is 5.34. The Labute approximate surface area is 95.3 Å². The Kier molecular flexibility index (Phi) is 3.29. The third kappa shape index (κ3) is 2.66. The summed E-state index contributed by atoms with van der Waals surface area (Å²) in [6.45, 7) is 5.98. The molecule has 4 nitrogen and oxygen atoms in total. The van der Waals surface area contributed by atoms with Crippen LogP contribution in [0, 0.1) is 5.92 Å². The second kappa shape index (κ2) is 4.88. The van der Waals surface area contributed by atoms with Crippen molar-refractivity contribution in [2.24, 2.45) is 5.92 Å². The number of nitrogens with zero attached hydrogens (tertiary/aromatic N) is 2. The molecule has 0 bridgehead atoms. The summed E-state index contributed by atoms with van der Waals surface area (Å²) in [6.07, 6.45) is 3.48. The minimum absolute atomic E-state index is 0.618. The summed E-state index contributed by atoms with van der Waals surface area (Å²) in [4.78, 5) is 0. The number of anilines is 1. The zero-order valence-electron chi connectivity index (χ0n) is 9.68. The quantitative estimate of drug-likeness (QED) is 0.840. The Morgan fingerprint density at radius 1 is 1.44 bits per heavy atom. The minimum Gasteiger partial charge on any atom is -0.467 e.